The molecule has 0 saturated carbocycles. The first kappa shape index (κ1) is 21.4. The van der Waals surface area contributed by atoms with Crippen molar-refractivity contribution in [2.45, 2.75) is 47.1 Å². The Morgan fingerprint density at radius 2 is 1.87 bits per heavy atom. The monoisotopic (exact) mass is 410 g/mol. The lowest BCUT2D eigenvalue weighted by Crippen LogP contribution is -2.26. The summed E-state index contributed by atoms with van der Waals surface area (Å²) >= 11 is 0. The van der Waals surface area contributed by atoms with Crippen LogP contribution in [-0.2, 0) is 9.53 Å². The average Bonchev–Trinajstić information content (AvgIpc) is 2.71. The number of aryl methyl sites for hydroxylation is 2. The second-order valence-corrected chi connectivity index (χ2v) is 7.32. The molecular weight excluding hydrogens is 384 g/mol. The summed E-state index contributed by atoms with van der Waals surface area (Å²) in [5, 5.41) is 0.364. The van der Waals surface area contributed by atoms with Crippen LogP contribution in [-0.4, -0.2) is 18.7 Å². The smallest absolute Gasteiger partial charge is 0.347 e. The Hall–Kier alpha value is -3.28. The van der Waals surface area contributed by atoms with Crippen LogP contribution in [0.15, 0.2) is 45.8 Å². The van der Waals surface area contributed by atoms with Crippen LogP contribution in [0.5, 0.6) is 17.2 Å². The van der Waals surface area contributed by atoms with Crippen LogP contribution >= 0.6 is 0 Å². The van der Waals surface area contributed by atoms with Gasteiger partial charge in [-0.05, 0) is 69.0 Å². The Morgan fingerprint density at radius 3 is 2.60 bits per heavy atom. The molecule has 6 heteroatoms. The van der Waals surface area contributed by atoms with Crippen molar-refractivity contribution in [2.24, 2.45) is 0 Å². The summed E-state index contributed by atoms with van der Waals surface area (Å²) in [5.74, 6) is 0.704. The minimum atomic E-state index is -0.768. The second kappa shape index (κ2) is 9.03. The van der Waals surface area contributed by atoms with E-state index >= 15 is 0 Å². The van der Waals surface area contributed by atoms with E-state index in [1.165, 1.54) is 6.26 Å². The molecule has 0 radical (unpaired) electrons. The largest absolute Gasteiger partial charge is 0.479 e. The van der Waals surface area contributed by atoms with Crippen molar-refractivity contribution in [3.63, 3.8) is 0 Å². The number of fused-ring (bicyclic) bond motifs is 1. The number of benzene rings is 2. The highest BCUT2D eigenvalue weighted by Crippen LogP contribution is 2.29. The van der Waals surface area contributed by atoms with E-state index in [0.29, 0.717) is 29.1 Å². The van der Waals surface area contributed by atoms with Crippen LogP contribution in [0.4, 0.5) is 0 Å². The zero-order valence-electron chi connectivity index (χ0n) is 17.9. The van der Waals surface area contributed by atoms with Gasteiger partial charge >= 0.3 is 5.97 Å². The SMILES string of the molecule is CCCOC(=O)C(C)Oc1ccc2c(=O)c(Oc3cc(C)cc(C)c3C)coc2c1. The van der Waals surface area contributed by atoms with E-state index in [1.807, 2.05) is 33.8 Å². The van der Waals surface area contributed by atoms with Gasteiger partial charge in [0, 0.05) is 6.07 Å². The van der Waals surface area contributed by atoms with Gasteiger partial charge in [-0.15, -0.1) is 0 Å². The Labute approximate surface area is 175 Å². The molecule has 0 amide bonds. The number of hydrogen-bond donors (Lipinski definition) is 0. The number of ether oxygens (including phenoxy) is 3. The predicted molar refractivity (Wildman–Crippen MR) is 115 cm³/mol. The number of carbonyl (C=O) groups excluding carboxylic acids is 1. The molecule has 1 unspecified atom stereocenters. The van der Waals surface area contributed by atoms with Gasteiger partial charge in [0.2, 0.25) is 11.2 Å². The van der Waals surface area contributed by atoms with Gasteiger partial charge in [0.1, 0.15) is 23.3 Å². The molecule has 30 heavy (non-hydrogen) atoms. The van der Waals surface area contributed by atoms with Gasteiger partial charge in [-0.3, -0.25) is 4.79 Å². The molecule has 2 aromatic carbocycles. The Bertz CT molecular complexity index is 1130. The molecule has 0 fully saturated rings. The first-order valence-electron chi connectivity index (χ1n) is 9.94. The Kier molecular flexibility index (Phi) is 6.45. The molecule has 6 nitrogen and oxygen atoms in total. The highest BCUT2D eigenvalue weighted by atomic mass is 16.6. The molecule has 0 spiro atoms. The first-order chi connectivity index (χ1) is 14.3. The molecule has 0 bridgehead atoms. The summed E-state index contributed by atoms with van der Waals surface area (Å²) in [7, 11) is 0. The highest BCUT2D eigenvalue weighted by molar-refractivity contribution is 5.79. The Balaban J connectivity index is 1.85. The van der Waals surface area contributed by atoms with Crippen LogP contribution < -0.4 is 14.9 Å². The zero-order valence-corrected chi connectivity index (χ0v) is 17.9. The summed E-state index contributed by atoms with van der Waals surface area (Å²) in [4.78, 5) is 24.8. The molecule has 3 aromatic rings. The van der Waals surface area contributed by atoms with Crippen LogP contribution in [0.3, 0.4) is 0 Å². The molecule has 0 aliphatic heterocycles. The summed E-state index contributed by atoms with van der Waals surface area (Å²) in [5.41, 5.74) is 3.16. The van der Waals surface area contributed by atoms with Gasteiger partial charge in [-0.25, -0.2) is 4.79 Å². The molecule has 0 aliphatic rings. The number of esters is 1. The van der Waals surface area contributed by atoms with Crippen molar-refractivity contribution in [2.75, 3.05) is 6.61 Å². The average molecular weight is 410 g/mol. The summed E-state index contributed by atoms with van der Waals surface area (Å²) in [6, 6.07) is 8.75. The summed E-state index contributed by atoms with van der Waals surface area (Å²) < 4.78 is 22.2. The van der Waals surface area contributed by atoms with E-state index in [0.717, 1.165) is 23.1 Å². The summed E-state index contributed by atoms with van der Waals surface area (Å²) in [6.45, 7) is 9.80. The highest BCUT2D eigenvalue weighted by Gasteiger charge is 2.17. The molecule has 1 aromatic heterocycles. The van der Waals surface area contributed by atoms with Crippen LogP contribution in [0, 0.1) is 20.8 Å². The van der Waals surface area contributed by atoms with Crippen molar-refractivity contribution in [1.29, 1.82) is 0 Å². The third kappa shape index (κ3) is 4.64. The summed E-state index contributed by atoms with van der Waals surface area (Å²) in [6.07, 6.45) is 1.27. The lowest BCUT2D eigenvalue weighted by molar-refractivity contribution is -0.151. The van der Waals surface area contributed by atoms with Crippen molar-refractivity contribution in [1.82, 2.24) is 0 Å². The zero-order chi connectivity index (χ0) is 21.8. The Morgan fingerprint density at radius 1 is 1.10 bits per heavy atom. The van der Waals surface area contributed by atoms with Gasteiger partial charge in [0.05, 0.1) is 12.0 Å². The molecular formula is C24H26O6. The second-order valence-electron chi connectivity index (χ2n) is 7.32. The molecule has 3 rings (SSSR count). The maximum atomic E-state index is 12.9. The third-order valence-corrected chi connectivity index (χ3v) is 4.79. The standard InChI is InChI=1S/C24H26O6/c1-6-9-27-24(26)17(5)29-18-7-8-19-21(12-18)28-13-22(23(19)25)30-20-11-14(2)10-15(3)16(20)4/h7-8,10-13,17H,6,9H2,1-5H3. The number of rotatable bonds is 7. The maximum absolute atomic E-state index is 12.9. The minimum Gasteiger partial charge on any atom is -0.479 e. The molecule has 1 atom stereocenters. The van der Waals surface area contributed by atoms with Crippen LogP contribution in [0.1, 0.15) is 37.0 Å². The normalized spacial score (nSPS) is 11.9. The maximum Gasteiger partial charge on any atom is 0.347 e. The van der Waals surface area contributed by atoms with Gasteiger partial charge in [0.25, 0.3) is 0 Å². The molecule has 158 valence electrons. The van der Waals surface area contributed by atoms with E-state index in [1.54, 1.807) is 25.1 Å². The molecule has 0 saturated heterocycles. The van der Waals surface area contributed by atoms with Gasteiger partial charge in [-0.2, -0.15) is 0 Å². The van der Waals surface area contributed by atoms with Gasteiger partial charge in [0.15, 0.2) is 6.10 Å². The van der Waals surface area contributed by atoms with E-state index in [2.05, 4.69) is 6.07 Å². The van der Waals surface area contributed by atoms with Gasteiger partial charge in [-0.1, -0.05) is 13.0 Å². The lowest BCUT2D eigenvalue weighted by Gasteiger charge is -2.14. The van der Waals surface area contributed by atoms with E-state index in [4.69, 9.17) is 18.6 Å². The van der Waals surface area contributed by atoms with Crippen molar-refractivity contribution < 1.29 is 23.4 Å². The molecule has 1 heterocycles. The predicted octanol–water partition coefficient (Wildman–Crippen LogP) is 5.23. The topological polar surface area (TPSA) is 75.0 Å². The molecule has 0 N–H and O–H groups in total. The first-order valence-corrected chi connectivity index (χ1v) is 9.94. The quantitative estimate of drug-likeness (QED) is 0.497. The lowest BCUT2D eigenvalue weighted by atomic mass is 10.1. The van der Waals surface area contributed by atoms with Crippen molar-refractivity contribution in [3.8, 4) is 17.2 Å². The van der Waals surface area contributed by atoms with Crippen molar-refractivity contribution in [3.05, 3.63) is 63.5 Å². The van der Waals surface area contributed by atoms with Crippen molar-refractivity contribution >= 4 is 16.9 Å². The number of hydrogen-bond acceptors (Lipinski definition) is 6. The number of carbonyl (C=O) groups is 1. The molecule has 0 aliphatic carbocycles. The third-order valence-electron chi connectivity index (χ3n) is 4.79. The fraction of sp³-hybridized carbons (Fsp3) is 0.333. The van der Waals surface area contributed by atoms with E-state index in [-0.39, 0.29) is 11.2 Å². The fourth-order valence-corrected chi connectivity index (χ4v) is 3.03. The van der Waals surface area contributed by atoms with Crippen LogP contribution in [0.25, 0.3) is 11.0 Å². The van der Waals surface area contributed by atoms with Crippen LogP contribution in [0.2, 0.25) is 0 Å². The van der Waals surface area contributed by atoms with E-state index in [9.17, 15) is 9.59 Å². The fourth-order valence-electron chi connectivity index (χ4n) is 3.03. The van der Waals surface area contributed by atoms with Gasteiger partial charge < -0.3 is 18.6 Å². The minimum absolute atomic E-state index is 0.112. The van der Waals surface area contributed by atoms with E-state index < -0.39 is 12.1 Å².